The van der Waals surface area contributed by atoms with Crippen molar-refractivity contribution in [1.82, 2.24) is 4.90 Å². The average molecular weight is 598 g/mol. The van der Waals surface area contributed by atoms with E-state index in [2.05, 4.69) is 10.6 Å². The Morgan fingerprint density at radius 3 is 2.52 bits per heavy atom. The number of benzene rings is 2. The minimum Gasteiger partial charge on any atom is -0.494 e. The van der Waals surface area contributed by atoms with Crippen LogP contribution < -0.4 is 15.4 Å². The number of ether oxygens (including phenoxy) is 2. The van der Waals surface area contributed by atoms with Gasteiger partial charge in [-0.2, -0.15) is 0 Å². The molecule has 9 nitrogen and oxygen atoms in total. The lowest BCUT2D eigenvalue weighted by atomic mass is 9.62. The van der Waals surface area contributed by atoms with E-state index in [1.807, 2.05) is 39.8 Å². The largest absolute Gasteiger partial charge is 0.494 e. The molecular weight excluding hydrogens is 558 g/mol. The van der Waals surface area contributed by atoms with Crippen LogP contribution in [0.15, 0.2) is 42.5 Å². The fourth-order valence-corrected chi connectivity index (χ4v) is 7.52. The van der Waals surface area contributed by atoms with Gasteiger partial charge in [0.15, 0.2) is 0 Å². The Kier molecular flexibility index (Phi) is 8.56. The lowest BCUT2D eigenvalue weighted by Crippen LogP contribution is -2.54. The van der Waals surface area contributed by atoms with Crippen molar-refractivity contribution in [3.63, 3.8) is 0 Å². The van der Waals surface area contributed by atoms with Gasteiger partial charge in [0.1, 0.15) is 17.4 Å². The molecule has 2 aromatic carbocycles. The van der Waals surface area contributed by atoms with E-state index in [1.165, 1.54) is 0 Å². The molecule has 42 heavy (non-hydrogen) atoms. The van der Waals surface area contributed by atoms with Crippen LogP contribution in [-0.4, -0.2) is 64.7 Å². The molecule has 10 heteroatoms. The summed E-state index contributed by atoms with van der Waals surface area (Å²) in [5.74, 6) is -1.93. The number of rotatable bonds is 11. The third-order valence-corrected chi connectivity index (χ3v) is 9.62. The molecular formula is C32H40ClN3O6. The summed E-state index contributed by atoms with van der Waals surface area (Å²) in [5.41, 5.74) is -0.215. The Morgan fingerprint density at radius 1 is 1.12 bits per heavy atom. The molecule has 3 aliphatic rings. The molecule has 3 unspecified atom stereocenters. The maximum atomic E-state index is 14.3. The van der Waals surface area contributed by atoms with E-state index >= 15 is 0 Å². The lowest BCUT2D eigenvalue weighted by Gasteiger charge is -2.36. The Bertz CT molecular complexity index is 1330. The second-order valence-corrected chi connectivity index (χ2v) is 12.3. The highest BCUT2D eigenvalue weighted by atomic mass is 35.5. The van der Waals surface area contributed by atoms with Crippen LogP contribution in [-0.2, 0) is 19.1 Å². The maximum Gasteiger partial charge on any atom is 0.250 e. The molecule has 3 N–H and O–H groups in total. The van der Waals surface area contributed by atoms with Crippen LogP contribution in [0, 0.1) is 24.7 Å². The minimum absolute atomic E-state index is 0.0585. The van der Waals surface area contributed by atoms with E-state index in [0.29, 0.717) is 61.0 Å². The van der Waals surface area contributed by atoms with Crippen LogP contribution in [0.5, 0.6) is 5.75 Å². The predicted octanol–water partition coefficient (Wildman–Crippen LogP) is 4.80. The second kappa shape index (κ2) is 11.9. The molecule has 3 saturated heterocycles. The van der Waals surface area contributed by atoms with Gasteiger partial charge in [-0.3, -0.25) is 14.4 Å². The van der Waals surface area contributed by atoms with Crippen LogP contribution >= 0.6 is 11.6 Å². The number of nitrogens with zero attached hydrogens (tertiary/aromatic N) is 1. The first-order valence-electron chi connectivity index (χ1n) is 14.8. The fourth-order valence-electron chi connectivity index (χ4n) is 7.25. The summed E-state index contributed by atoms with van der Waals surface area (Å²) < 4.78 is 12.3. The van der Waals surface area contributed by atoms with Crippen LogP contribution in [0.3, 0.4) is 0 Å². The Balaban J connectivity index is 1.49. The van der Waals surface area contributed by atoms with Crippen LogP contribution in [0.2, 0.25) is 5.02 Å². The Labute approximate surface area is 251 Å². The first-order chi connectivity index (χ1) is 20.1. The summed E-state index contributed by atoms with van der Waals surface area (Å²) in [7, 11) is 0. The molecule has 3 amide bonds. The van der Waals surface area contributed by atoms with Crippen LogP contribution in [0.1, 0.15) is 52.0 Å². The number of aryl methyl sites for hydroxylation is 1. The molecule has 3 fully saturated rings. The van der Waals surface area contributed by atoms with E-state index in [1.54, 1.807) is 35.2 Å². The van der Waals surface area contributed by atoms with E-state index in [-0.39, 0.29) is 30.2 Å². The van der Waals surface area contributed by atoms with Crippen molar-refractivity contribution in [3.05, 3.63) is 53.1 Å². The lowest BCUT2D eigenvalue weighted by molar-refractivity contribution is -0.144. The van der Waals surface area contributed by atoms with Crippen molar-refractivity contribution in [2.45, 2.75) is 70.6 Å². The summed E-state index contributed by atoms with van der Waals surface area (Å²) in [5, 5.41) is 15.7. The standard InChI is InChI=1S/C32H40ClN3O6/c1-5-41-22-14-12-21(13-15-22)34-28(38)24-25-30(40)36(16-7-6-8-17-37)27(32(25)18-20(3)31(24,4)42-32)29(39)35-26-19(2)10-9-11-23(26)33/h9-15,20,24-25,27,37H,5-8,16-18H2,1-4H3,(H,34,38)(H,35,39)/t20?,24-,25+,27?,31+,32?/m1/s1. The zero-order chi connectivity index (χ0) is 30.2. The van der Waals surface area contributed by atoms with Gasteiger partial charge in [-0.1, -0.05) is 30.7 Å². The van der Waals surface area contributed by atoms with Crippen molar-refractivity contribution in [1.29, 1.82) is 0 Å². The molecule has 3 aliphatic heterocycles. The number of carbonyl (C=O) groups excluding carboxylic acids is 3. The smallest absolute Gasteiger partial charge is 0.250 e. The Morgan fingerprint density at radius 2 is 1.86 bits per heavy atom. The maximum absolute atomic E-state index is 14.3. The number of nitrogens with one attached hydrogen (secondary N) is 2. The summed E-state index contributed by atoms with van der Waals surface area (Å²) in [6.07, 6.45) is 2.39. The molecule has 1 spiro atoms. The van der Waals surface area contributed by atoms with Gasteiger partial charge in [0.05, 0.1) is 34.8 Å². The van der Waals surface area contributed by atoms with E-state index < -0.39 is 29.1 Å². The number of amides is 3. The molecule has 6 atom stereocenters. The number of para-hydroxylation sites is 1. The number of carbonyl (C=O) groups is 3. The summed E-state index contributed by atoms with van der Waals surface area (Å²) in [6.45, 7) is 8.58. The van der Waals surface area contributed by atoms with Gasteiger partial charge in [0.25, 0.3) is 0 Å². The van der Waals surface area contributed by atoms with Gasteiger partial charge in [0, 0.05) is 18.8 Å². The Hall–Kier alpha value is -3.14. The number of fused-ring (bicyclic) bond motifs is 1. The monoisotopic (exact) mass is 597 g/mol. The van der Waals surface area contributed by atoms with E-state index in [4.69, 9.17) is 21.1 Å². The SMILES string of the molecule is CCOc1ccc(NC(=O)[C@H]2[C@H]3C(=O)N(CCCCCO)C(C(=O)Nc4c(C)cccc4Cl)C34CC(C)[C@]2(C)O4)cc1. The number of halogens is 1. The number of hydrogen-bond acceptors (Lipinski definition) is 6. The molecule has 226 valence electrons. The zero-order valence-corrected chi connectivity index (χ0v) is 25.4. The average Bonchev–Trinajstić information content (AvgIpc) is 3.46. The van der Waals surface area contributed by atoms with Gasteiger partial charge >= 0.3 is 0 Å². The van der Waals surface area contributed by atoms with Crippen LogP contribution in [0.4, 0.5) is 11.4 Å². The van der Waals surface area contributed by atoms with E-state index in [9.17, 15) is 19.5 Å². The summed E-state index contributed by atoms with van der Waals surface area (Å²) in [4.78, 5) is 44.0. The number of aliphatic hydroxyl groups is 1. The molecule has 0 aromatic heterocycles. The quantitative estimate of drug-likeness (QED) is 0.321. The van der Waals surface area contributed by atoms with Crippen molar-refractivity contribution in [2.24, 2.45) is 17.8 Å². The highest BCUT2D eigenvalue weighted by Crippen LogP contribution is 2.65. The van der Waals surface area contributed by atoms with Crippen molar-refractivity contribution in [2.75, 3.05) is 30.4 Å². The fraction of sp³-hybridized carbons (Fsp3) is 0.531. The molecule has 0 radical (unpaired) electrons. The third kappa shape index (κ3) is 5.05. The summed E-state index contributed by atoms with van der Waals surface area (Å²) >= 11 is 6.46. The van der Waals surface area contributed by atoms with Gasteiger partial charge in [-0.05, 0) is 88.3 Å². The van der Waals surface area contributed by atoms with E-state index in [0.717, 1.165) is 5.56 Å². The number of aliphatic hydroxyl groups excluding tert-OH is 1. The van der Waals surface area contributed by atoms with Gasteiger partial charge in [-0.25, -0.2) is 0 Å². The topological polar surface area (TPSA) is 117 Å². The molecule has 0 saturated carbocycles. The highest BCUT2D eigenvalue weighted by Gasteiger charge is 2.79. The van der Waals surface area contributed by atoms with Gasteiger partial charge in [-0.15, -0.1) is 0 Å². The third-order valence-electron chi connectivity index (χ3n) is 9.31. The van der Waals surface area contributed by atoms with Gasteiger partial charge in [0.2, 0.25) is 17.7 Å². The first-order valence-corrected chi connectivity index (χ1v) is 15.2. The second-order valence-electron chi connectivity index (χ2n) is 11.9. The number of unbranched alkanes of at least 4 members (excludes halogenated alkanes) is 2. The van der Waals surface area contributed by atoms with Crippen molar-refractivity contribution >= 4 is 40.7 Å². The molecule has 2 aromatic rings. The highest BCUT2D eigenvalue weighted by molar-refractivity contribution is 6.34. The number of hydrogen-bond donors (Lipinski definition) is 3. The van der Waals surface area contributed by atoms with Crippen molar-refractivity contribution in [3.8, 4) is 5.75 Å². The van der Waals surface area contributed by atoms with Gasteiger partial charge < -0.3 is 30.1 Å². The number of likely N-dealkylation sites (tertiary alicyclic amines) is 1. The predicted molar refractivity (Wildman–Crippen MR) is 160 cm³/mol. The number of anilines is 2. The zero-order valence-electron chi connectivity index (χ0n) is 24.6. The van der Waals surface area contributed by atoms with Crippen molar-refractivity contribution < 1.29 is 29.0 Å². The molecule has 2 bridgehead atoms. The molecule has 3 heterocycles. The summed E-state index contributed by atoms with van der Waals surface area (Å²) in [6, 6.07) is 11.5. The molecule has 5 rings (SSSR count). The first kappa shape index (κ1) is 30.3. The normalized spacial score (nSPS) is 29.5. The molecule has 0 aliphatic carbocycles. The minimum atomic E-state index is -1.16. The van der Waals surface area contributed by atoms with Crippen LogP contribution in [0.25, 0.3) is 0 Å².